The van der Waals surface area contributed by atoms with E-state index in [4.69, 9.17) is 16.3 Å². The molecular formula is C12H17ClO. The third-order valence-electron chi connectivity index (χ3n) is 2.04. The van der Waals surface area contributed by atoms with Crippen LogP contribution in [-0.4, -0.2) is 13.2 Å². The number of hydrogen-bond donors (Lipinski definition) is 0. The van der Waals surface area contributed by atoms with Crippen LogP contribution in [0.4, 0.5) is 0 Å². The fraction of sp³-hybridized carbons (Fsp3) is 0.500. The second-order valence-electron chi connectivity index (χ2n) is 3.31. The molecule has 0 bridgehead atoms. The van der Waals surface area contributed by atoms with E-state index >= 15 is 0 Å². The van der Waals surface area contributed by atoms with Crippen LogP contribution < -0.4 is 0 Å². The molecule has 0 unspecified atom stereocenters. The summed E-state index contributed by atoms with van der Waals surface area (Å²) in [5.74, 6) is 0. The third-order valence-corrected chi connectivity index (χ3v) is 2.41. The first-order valence-corrected chi connectivity index (χ1v) is 5.53. The van der Waals surface area contributed by atoms with Gasteiger partial charge in [-0.15, -0.1) is 0 Å². The second-order valence-corrected chi connectivity index (χ2v) is 3.71. The molecule has 78 valence electrons. The predicted octanol–water partition coefficient (Wildman–Crippen LogP) is 3.70. The maximum atomic E-state index is 6.02. The van der Waals surface area contributed by atoms with Crippen molar-refractivity contribution in [1.82, 2.24) is 0 Å². The van der Waals surface area contributed by atoms with Crippen LogP contribution in [0.1, 0.15) is 25.3 Å². The molecule has 0 amide bonds. The first kappa shape index (κ1) is 11.5. The van der Waals surface area contributed by atoms with Crippen molar-refractivity contribution < 1.29 is 4.74 Å². The minimum atomic E-state index is 0.832. The number of ether oxygens (including phenoxy) is 1. The summed E-state index contributed by atoms with van der Waals surface area (Å²) in [5.41, 5.74) is 1.22. The van der Waals surface area contributed by atoms with E-state index in [1.165, 1.54) is 5.56 Å². The van der Waals surface area contributed by atoms with Crippen molar-refractivity contribution >= 4 is 11.6 Å². The van der Waals surface area contributed by atoms with Crippen LogP contribution in [0.3, 0.4) is 0 Å². The Kier molecular flexibility index (Phi) is 5.65. The van der Waals surface area contributed by atoms with E-state index in [-0.39, 0.29) is 0 Å². The van der Waals surface area contributed by atoms with Crippen LogP contribution in [0, 0.1) is 0 Å². The molecule has 1 aromatic carbocycles. The molecule has 0 heterocycles. The topological polar surface area (TPSA) is 9.23 Å². The van der Waals surface area contributed by atoms with E-state index in [9.17, 15) is 0 Å². The molecule has 0 radical (unpaired) electrons. The summed E-state index contributed by atoms with van der Waals surface area (Å²) in [6.07, 6.45) is 3.14. The maximum absolute atomic E-state index is 6.02. The van der Waals surface area contributed by atoms with Gasteiger partial charge in [-0.1, -0.05) is 36.7 Å². The molecular weight excluding hydrogens is 196 g/mol. The Balaban J connectivity index is 2.21. The van der Waals surface area contributed by atoms with Gasteiger partial charge in [0.1, 0.15) is 0 Å². The fourth-order valence-electron chi connectivity index (χ4n) is 1.31. The Hall–Kier alpha value is -0.530. The van der Waals surface area contributed by atoms with E-state index in [0.29, 0.717) is 0 Å². The number of aryl methyl sites for hydroxylation is 1. The Morgan fingerprint density at radius 3 is 2.71 bits per heavy atom. The largest absolute Gasteiger partial charge is 0.381 e. The van der Waals surface area contributed by atoms with Crippen molar-refractivity contribution in [2.75, 3.05) is 13.2 Å². The molecule has 0 aliphatic carbocycles. The quantitative estimate of drug-likeness (QED) is 0.654. The standard InChI is InChI=1S/C12H17ClO/c1-2-9-14-10-5-7-11-6-3-4-8-12(11)13/h3-4,6,8H,2,5,7,9-10H2,1H3. The molecule has 0 spiro atoms. The molecule has 0 aromatic heterocycles. The molecule has 2 heteroatoms. The number of rotatable bonds is 6. The Bertz CT molecular complexity index is 260. The van der Waals surface area contributed by atoms with E-state index in [0.717, 1.165) is 37.5 Å². The average molecular weight is 213 g/mol. The van der Waals surface area contributed by atoms with Gasteiger partial charge >= 0.3 is 0 Å². The predicted molar refractivity (Wildman–Crippen MR) is 60.9 cm³/mol. The Labute approximate surface area is 91.0 Å². The van der Waals surface area contributed by atoms with Gasteiger partial charge in [0, 0.05) is 18.2 Å². The monoisotopic (exact) mass is 212 g/mol. The molecule has 0 aliphatic rings. The Morgan fingerprint density at radius 1 is 1.21 bits per heavy atom. The molecule has 1 nitrogen and oxygen atoms in total. The number of benzene rings is 1. The van der Waals surface area contributed by atoms with Gasteiger partial charge < -0.3 is 4.74 Å². The van der Waals surface area contributed by atoms with Crippen LogP contribution in [0.5, 0.6) is 0 Å². The lowest BCUT2D eigenvalue weighted by Gasteiger charge is -2.04. The molecule has 0 N–H and O–H groups in total. The molecule has 0 aliphatic heterocycles. The van der Waals surface area contributed by atoms with Gasteiger partial charge in [-0.05, 0) is 30.9 Å². The lowest BCUT2D eigenvalue weighted by atomic mass is 10.1. The zero-order valence-electron chi connectivity index (χ0n) is 8.63. The van der Waals surface area contributed by atoms with E-state index < -0.39 is 0 Å². The molecule has 14 heavy (non-hydrogen) atoms. The molecule has 1 rings (SSSR count). The van der Waals surface area contributed by atoms with Gasteiger partial charge in [-0.3, -0.25) is 0 Å². The highest BCUT2D eigenvalue weighted by molar-refractivity contribution is 6.31. The normalized spacial score (nSPS) is 10.4. The lowest BCUT2D eigenvalue weighted by molar-refractivity contribution is 0.132. The summed E-state index contributed by atoms with van der Waals surface area (Å²) in [6.45, 7) is 3.82. The van der Waals surface area contributed by atoms with E-state index in [1.54, 1.807) is 0 Å². The smallest absolute Gasteiger partial charge is 0.0469 e. The van der Waals surface area contributed by atoms with Gasteiger partial charge in [-0.2, -0.15) is 0 Å². The first-order chi connectivity index (χ1) is 6.84. The van der Waals surface area contributed by atoms with Crippen LogP contribution in [0.15, 0.2) is 24.3 Å². The summed E-state index contributed by atoms with van der Waals surface area (Å²) in [7, 11) is 0. The average Bonchev–Trinajstić information content (AvgIpc) is 2.20. The van der Waals surface area contributed by atoms with Crippen LogP contribution in [0.2, 0.25) is 5.02 Å². The highest BCUT2D eigenvalue weighted by Gasteiger charge is 1.97. The molecule has 0 saturated heterocycles. The minimum Gasteiger partial charge on any atom is -0.381 e. The number of hydrogen-bond acceptors (Lipinski definition) is 1. The van der Waals surface area contributed by atoms with Gasteiger partial charge in [0.05, 0.1) is 0 Å². The van der Waals surface area contributed by atoms with Crippen molar-refractivity contribution in [3.05, 3.63) is 34.9 Å². The maximum Gasteiger partial charge on any atom is 0.0469 e. The molecule has 0 fully saturated rings. The van der Waals surface area contributed by atoms with Gasteiger partial charge in [0.25, 0.3) is 0 Å². The summed E-state index contributed by atoms with van der Waals surface area (Å²) in [5, 5.41) is 0.864. The van der Waals surface area contributed by atoms with E-state index in [2.05, 4.69) is 13.0 Å². The molecule has 0 atom stereocenters. The zero-order valence-corrected chi connectivity index (χ0v) is 9.39. The first-order valence-electron chi connectivity index (χ1n) is 5.15. The van der Waals surface area contributed by atoms with Crippen molar-refractivity contribution in [1.29, 1.82) is 0 Å². The fourth-order valence-corrected chi connectivity index (χ4v) is 1.54. The highest BCUT2D eigenvalue weighted by atomic mass is 35.5. The zero-order chi connectivity index (χ0) is 10.2. The Morgan fingerprint density at radius 2 is 2.00 bits per heavy atom. The van der Waals surface area contributed by atoms with Crippen LogP contribution in [0.25, 0.3) is 0 Å². The summed E-state index contributed by atoms with van der Waals surface area (Å²) in [4.78, 5) is 0. The summed E-state index contributed by atoms with van der Waals surface area (Å²) >= 11 is 6.02. The summed E-state index contributed by atoms with van der Waals surface area (Å²) in [6, 6.07) is 7.99. The molecule has 0 saturated carbocycles. The van der Waals surface area contributed by atoms with Gasteiger partial charge in [0.15, 0.2) is 0 Å². The van der Waals surface area contributed by atoms with Crippen molar-refractivity contribution in [3.8, 4) is 0 Å². The third kappa shape index (κ3) is 4.12. The van der Waals surface area contributed by atoms with Gasteiger partial charge in [-0.25, -0.2) is 0 Å². The van der Waals surface area contributed by atoms with Crippen molar-refractivity contribution in [3.63, 3.8) is 0 Å². The van der Waals surface area contributed by atoms with Crippen molar-refractivity contribution in [2.24, 2.45) is 0 Å². The lowest BCUT2D eigenvalue weighted by Crippen LogP contribution is -1.97. The molecule has 1 aromatic rings. The van der Waals surface area contributed by atoms with Crippen LogP contribution >= 0.6 is 11.6 Å². The SMILES string of the molecule is CCCOCCCc1ccccc1Cl. The second kappa shape index (κ2) is 6.86. The van der Waals surface area contributed by atoms with Gasteiger partial charge in [0.2, 0.25) is 0 Å². The highest BCUT2D eigenvalue weighted by Crippen LogP contribution is 2.16. The summed E-state index contributed by atoms with van der Waals surface area (Å²) < 4.78 is 5.40. The van der Waals surface area contributed by atoms with Crippen molar-refractivity contribution in [2.45, 2.75) is 26.2 Å². The van der Waals surface area contributed by atoms with Crippen LogP contribution in [-0.2, 0) is 11.2 Å². The minimum absolute atomic E-state index is 0.832. The van der Waals surface area contributed by atoms with E-state index in [1.807, 2.05) is 18.2 Å². The number of halogens is 1.